The first-order valence-corrected chi connectivity index (χ1v) is 7.49. The second kappa shape index (κ2) is 6.92. The number of anilines is 1. The normalized spacial score (nSPS) is 12.0. The Morgan fingerprint density at radius 1 is 1.29 bits per heavy atom. The van der Waals surface area contributed by atoms with E-state index in [1.54, 1.807) is 0 Å². The lowest BCUT2D eigenvalue weighted by atomic mass is 9.99. The summed E-state index contributed by atoms with van der Waals surface area (Å²) in [6, 6.07) is 9.34. The number of carbonyl (C=O) groups excluding carboxylic acids is 1. The number of nitrogens with one attached hydrogen (secondary N) is 1. The van der Waals surface area contributed by atoms with Crippen molar-refractivity contribution in [3.63, 3.8) is 0 Å². The fourth-order valence-electron chi connectivity index (χ4n) is 1.88. The number of rotatable bonds is 4. The third-order valence-corrected chi connectivity index (χ3v) is 4.09. The Hall–Kier alpha value is -1.58. The van der Waals surface area contributed by atoms with E-state index >= 15 is 0 Å². The fraction of sp³-hybridized carbons (Fsp3) is 0.250. The molecule has 1 aromatic heterocycles. The van der Waals surface area contributed by atoms with Crippen LogP contribution in [0.5, 0.6) is 0 Å². The average molecular weight is 323 g/mol. The van der Waals surface area contributed by atoms with Gasteiger partial charge in [0.1, 0.15) is 5.15 Å². The number of hydrogen-bond donors (Lipinski definition) is 1. The van der Waals surface area contributed by atoms with Crippen molar-refractivity contribution in [1.82, 2.24) is 4.98 Å². The summed E-state index contributed by atoms with van der Waals surface area (Å²) in [5, 5.41) is 3.26. The van der Waals surface area contributed by atoms with Crippen molar-refractivity contribution in [2.45, 2.75) is 26.2 Å². The Kier molecular flexibility index (Phi) is 5.21. The lowest BCUT2D eigenvalue weighted by Gasteiger charge is -2.10. The number of hydrogen-bond acceptors (Lipinski definition) is 2. The van der Waals surface area contributed by atoms with Gasteiger partial charge in [0.15, 0.2) is 0 Å². The third-order valence-electron chi connectivity index (χ3n) is 3.41. The minimum atomic E-state index is -0.266. The van der Waals surface area contributed by atoms with Crippen LogP contribution in [-0.4, -0.2) is 10.9 Å². The van der Waals surface area contributed by atoms with E-state index in [9.17, 15) is 4.79 Å². The van der Waals surface area contributed by atoms with Crippen molar-refractivity contribution in [2.24, 2.45) is 0 Å². The molecule has 2 rings (SSSR count). The molecule has 3 nitrogen and oxygen atoms in total. The maximum absolute atomic E-state index is 12.1. The highest BCUT2D eigenvalue weighted by atomic mass is 35.5. The Morgan fingerprint density at radius 3 is 2.52 bits per heavy atom. The van der Waals surface area contributed by atoms with Crippen LogP contribution in [0.15, 0.2) is 36.5 Å². The number of benzene rings is 1. The van der Waals surface area contributed by atoms with Gasteiger partial charge in [0, 0.05) is 11.9 Å². The van der Waals surface area contributed by atoms with Gasteiger partial charge in [0.25, 0.3) is 5.91 Å². The molecule has 1 heterocycles. The molecule has 0 saturated heterocycles. The number of pyridine rings is 1. The van der Waals surface area contributed by atoms with Crippen molar-refractivity contribution >= 4 is 34.8 Å². The molecule has 0 aliphatic rings. The molecule has 2 aromatic rings. The molecule has 0 radical (unpaired) electrons. The van der Waals surface area contributed by atoms with Crippen LogP contribution in [0, 0.1) is 0 Å². The fourth-order valence-corrected chi connectivity index (χ4v) is 2.15. The van der Waals surface area contributed by atoms with Crippen molar-refractivity contribution in [2.75, 3.05) is 5.32 Å². The SMILES string of the molecule is CC[C@@H](C)c1ccc(NC(=O)c2cnc(Cl)c(Cl)c2)cc1. The summed E-state index contributed by atoms with van der Waals surface area (Å²) in [7, 11) is 0. The van der Waals surface area contributed by atoms with Gasteiger partial charge in [-0.05, 0) is 36.1 Å². The molecule has 0 spiro atoms. The Balaban J connectivity index is 2.10. The van der Waals surface area contributed by atoms with E-state index in [1.807, 2.05) is 24.3 Å². The molecule has 110 valence electrons. The first-order chi connectivity index (χ1) is 10.0. The van der Waals surface area contributed by atoms with E-state index in [1.165, 1.54) is 17.8 Å². The van der Waals surface area contributed by atoms with Crippen LogP contribution in [0.4, 0.5) is 5.69 Å². The monoisotopic (exact) mass is 322 g/mol. The Bertz CT molecular complexity index is 641. The van der Waals surface area contributed by atoms with Crippen LogP contribution >= 0.6 is 23.2 Å². The smallest absolute Gasteiger partial charge is 0.257 e. The molecule has 0 unspecified atom stereocenters. The Morgan fingerprint density at radius 2 is 1.95 bits per heavy atom. The number of halogens is 2. The highest BCUT2D eigenvalue weighted by Gasteiger charge is 2.10. The molecule has 1 atom stereocenters. The lowest BCUT2D eigenvalue weighted by Crippen LogP contribution is -2.12. The van der Waals surface area contributed by atoms with Crippen molar-refractivity contribution in [1.29, 1.82) is 0 Å². The van der Waals surface area contributed by atoms with E-state index < -0.39 is 0 Å². The summed E-state index contributed by atoms with van der Waals surface area (Å²) in [5.74, 6) is 0.242. The summed E-state index contributed by atoms with van der Waals surface area (Å²) in [5.41, 5.74) is 2.36. The average Bonchev–Trinajstić information content (AvgIpc) is 2.50. The van der Waals surface area contributed by atoms with Crippen molar-refractivity contribution < 1.29 is 4.79 Å². The number of amides is 1. The third kappa shape index (κ3) is 3.96. The minimum Gasteiger partial charge on any atom is -0.322 e. The van der Waals surface area contributed by atoms with Crippen molar-refractivity contribution in [3.05, 3.63) is 57.8 Å². The predicted octanol–water partition coefficient (Wildman–Crippen LogP) is 5.15. The number of carbonyl (C=O) groups is 1. The molecular weight excluding hydrogens is 307 g/mol. The standard InChI is InChI=1S/C16H16Cl2N2O/c1-3-10(2)11-4-6-13(7-5-11)20-16(21)12-8-14(17)15(18)19-9-12/h4-10H,3H2,1-2H3,(H,20,21)/t10-/m1/s1. The first kappa shape index (κ1) is 15.8. The van der Waals surface area contributed by atoms with Crippen LogP contribution in [0.25, 0.3) is 0 Å². The summed E-state index contributed by atoms with van der Waals surface area (Å²) in [6.45, 7) is 4.33. The second-order valence-electron chi connectivity index (χ2n) is 4.88. The topological polar surface area (TPSA) is 42.0 Å². The van der Waals surface area contributed by atoms with Gasteiger partial charge in [-0.15, -0.1) is 0 Å². The second-order valence-corrected chi connectivity index (χ2v) is 5.65. The Labute approximate surface area is 134 Å². The number of nitrogens with zero attached hydrogens (tertiary/aromatic N) is 1. The molecule has 1 aromatic carbocycles. The van der Waals surface area contributed by atoms with Crippen LogP contribution in [0.3, 0.4) is 0 Å². The summed E-state index contributed by atoms with van der Waals surface area (Å²) in [6.07, 6.45) is 2.48. The molecule has 0 aliphatic heterocycles. The maximum Gasteiger partial charge on any atom is 0.257 e. The number of aromatic nitrogens is 1. The van der Waals surface area contributed by atoms with Crippen LogP contribution in [-0.2, 0) is 0 Å². The highest BCUT2D eigenvalue weighted by Crippen LogP contribution is 2.22. The van der Waals surface area contributed by atoms with Gasteiger partial charge in [-0.2, -0.15) is 0 Å². The van der Waals surface area contributed by atoms with Gasteiger partial charge in [-0.3, -0.25) is 4.79 Å². The van der Waals surface area contributed by atoms with Gasteiger partial charge >= 0.3 is 0 Å². The van der Waals surface area contributed by atoms with E-state index in [-0.39, 0.29) is 16.1 Å². The van der Waals surface area contributed by atoms with Gasteiger partial charge in [0.05, 0.1) is 10.6 Å². The summed E-state index contributed by atoms with van der Waals surface area (Å²) in [4.78, 5) is 16.0. The van der Waals surface area contributed by atoms with Crippen molar-refractivity contribution in [3.8, 4) is 0 Å². The largest absolute Gasteiger partial charge is 0.322 e. The molecule has 1 N–H and O–H groups in total. The molecular formula is C16H16Cl2N2O. The molecule has 0 saturated carbocycles. The zero-order valence-electron chi connectivity index (χ0n) is 11.9. The maximum atomic E-state index is 12.1. The quantitative estimate of drug-likeness (QED) is 0.790. The van der Waals surface area contributed by atoms with Gasteiger partial charge < -0.3 is 5.32 Å². The van der Waals surface area contributed by atoms with Gasteiger partial charge in [-0.1, -0.05) is 49.2 Å². The highest BCUT2D eigenvalue weighted by molar-refractivity contribution is 6.41. The van der Waals surface area contributed by atoms with E-state index in [4.69, 9.17) is 23.2 Å². The van der Waals surface area contributed by atoms with Crippen LogP contribution in [0.1, 0.15) is 42.1 Å². The molecule has 5 heteroatoms. The zero-order chi connectivity index (χ0) is 15.4. The minimum absolute atomic E-state index is 0.186. The molecule has 0 fully saturated rings. The first-order valence-electron chi connectivity index (χ1n) is 6.73. The van der Waals surface area contributed by atoms with Gasteiger partial charge in [0.2, 0.25) is 0 Å². The molecule has 0 bridgehead atoms. The van der Waals surface area contributed by atoms with E-state index in [2.05, 4.69) is 24.1 Å². The van der Waals surface area contributed by atoms with Crippen LogP contribution in [0.2, 0.25) is 10.2 Å². The van der Waals surface area contributed by atoms with E-state index in [0.29, 0.717) is 11.5 Å². The summed E-state index contributed by atoms with van der Waals surface area (Å²) < 4.78 is 0. The predicted molar refractivity (Wildman–Crippen MR) is 87.4 cm³/mol. The zero-order valence-corrected chi connectivity index (χ0v) is 13.4. The van der Waals surface area contributed by atoms with Crippen LogP contribution < -0.4 is 5.32 Å². The molecule has 0 aliphatic carbocycles. The lowest BCUT2D eigenvalue weighted by molar-refractivity contribution is 0.102. The molecule has 21 heavy (non-hydrogen) atoms. The summed E-state index contributed by atoms with van der Waals surface area (Å²) >= 11 is 11.6. The van der Waals surface area contributed by atoms with Gasteiger partial charge in [-0.25, -0.2) is 4.98 Å². The molecule has 1 amide bonds. The van der Waals surface area contributed by atoms with E-state index in [0.717, 1.165) is 12.1 Å².